The van der Waals surface area contributed by atoms with Gasteiger partial charge in [0.15, 0.2) is 5.78 Å². The Labute approximate surface area is 130 Å². The van der Waals surface area contributed by atoms with Crippen LogP contribution in [-0.2, 0) is 6.42 Å². The minimum Gasteiger partial charge on any atom is -0.507 e. The monoisotopic (exact) mass is 324 g/mol. The van der Waals surface area contributed by atoms with E-state index in [4.69, 9.17) is 28.3 Å². The lowest BCUT2D eigenvalue weighted by Crippen LogP contribution is -2.11. The minimum atomic E-state index is -1.37. The average Bonchev–Trinajstić information content (AvgIpc) is 2.42. The molecule has 2 aromatic rings. The third-order valence-corrected chi connectivity index (χ3v) is 3.66. The molecule has 0 aliphatic rings. The summed E-state index contributed by atoms with van der Waals surface area (Å²) >= 11 is 12.0. The number of hydrogen-bond donors (Lipinski definition) is 2. The predicted octanol–water partition coefficient (Wildman–Crippen LogP) is 3.82. The number of ketones is 1. The SMILES string of the molecule is O=C(Cc1c(Cl)cccc1Cl)c1cccc(O)c1C(=O)O. The number of halogens is 2. The van der Waals surface area contributed by atoms with Gasteiger partial charge in [0.1, 0.15) is 11.3 Å². The molecule has 0 saturated heterocycles. The Morgan fingerprint density at radius 2 is 1.57 bits per heavy atom. The second-order valence-electron chi connectivity index (χ2n) is 4.31. The number of carboxylic acid groups (broad SMARTS) is 1. The molecule has 0 amide bonds. The van der Waals surface area contributed by atoms with Crippen molar-refractivity contribution in [1.82, 2.24) is 0 Å². The van der Waals surface area contributed by atoms with E-state index in [1.807, 2.05) is 0 Å². The summed E-state index contributed by atoms with van der Waals surface area (Å²) in [6.45, 7) is 0. The first-order valence-electron chi connectivity index (χ1n) is 5.93. The molecule has 2 N–H and O–H groups in total. The third kappa shape index (κ3) is 3.17. The Hall–Kier alpha value is -2.04. The van der Waals surface area contributed by atoms with Gasteiger partial charge in [0.05, 0.1) is 0 Å². The molecule has 0 aliphatic heterocycles. The van der Waals surface area contributed by atoms with Crippen LogP contribution in [0, 0.1) is 0 Å². The Balaban J connectivity index is 2.43. The molecule has 2 aromatic carbocycles. The van der Waals surface area contributed by atoms with Crippen molar-refractivity contribution in [3.63, 3.8) is 0 Å². The maximum absolute atomic E-state index is 12.3. The summed E-state index contributed by atoms with van der Waals surface area (Å²) in [5.41, 5.74) is -0.0883. The molecule has 108 valence electrons. The lowest BCUT2D eigenvalue weighted by molar-refractivity contribution is 0.0688. The number of carbonyl (C=O) groups is 2. The van der Waals surface area contributed by atoms with E-state index in [-0.39, 0.29) is 12.0 Å². The highest BCUT2D eigenvalue weighted by Gasteiger charge is 2.21. The smallest absolute Gasteiger partial charge is 0.340 e. The molecule has 0 saturated carbocycles. The largest absolute Gasteiger partial charge is 0.507 e. The Bertz CT molecular complexity index is 705. The summed E-state index contributed by atoms with van der Waals surface area (Å²) in [5, 5.41) is 19.4. The Kier molecular flexibility index (Phi) is 4.50. The number of Topliss-reactive ketones (excluding diaryl/α,β-unsaturated/α-hetero) is 1. The molecule has 0 aromatic heterocycles. The summed E-state index contributed by atoms with van der Waals surface area (Å²) in [7, 11) is 0. The number of carboxylic acids is 1. The molecule has 0 unspecified atom stereocenters. The Morgan fingerprint density at radius 1 is 1.00 bits per heavy atom. The van der Waals surface area contributed by atoms with Gasteiger partial charge in [0.25, 0.3) is 0 Å². The van der Waals surface area contributed by atoms with Gasteiger partial charge < -0.3 is 10.2 Å². The number of aromatic carboxylic acids is 1. The normalized spacial score (nSPS) is 10.4. The van der Waals surface area contributed by atoms with Gasteiger partial charge in [-0.05, 0) is 23.8 Å². The molecule has 0 atom stereocenters. The van der Waals surface area contributed by atoms with E-state index in [1.54, 1.807) is 18.2 Å². The zero-order valence-corrected chi connectivity index (χ0v) is 12.1. The number of carbonyl (C=O) groups excluding carboxylic acids is 1. The van der Waals surface area contributed by atoms with Crippen molar-refractivity contribution in [2.45, 2.75) is 6.42 Å². The van der Waals surface area contributed by atoms with Crippen LogP contribution in [0.5, 0.6) is 5.75 Å². The number of aromatic hydroxyl groups is 1. The van der Waals surface area contributed by atoms with Crippen molar-refractivity contribution >= 4 is 35.0 Å². The van der Waals surface area contributed by atoms with Gasteiger partial charge in [0, 0.05) is 22.0 Å². The predicted molar refractivity (Wildman–Crippen MR) is 79.6 cm³/mol. The number of benzene rings is 2. The van der Waals surface area contributed by atoms with Gasteiger partial charge in [0.2, 0.25) is 0 Å². The van der Waals surface area contributed by atoms with Gasteiger partial charge >= 0.3 is 5.97 Å². The zero-order valence-electron chi connectivity index (χ0n) is 10.6. The van der Waals surface area contributed by atoms with Crippen molar-refractivity contribution < 1.29 is 19.8 Å². The van der Waals surface area contributed by atoms with E-state index in [1.165, 1.54) is 18.2 Å². The van der Waals surface area contributed by atoms with Crippen LogP contribution in [0.25, 0.3) is 0 Å². The van der Waals surface area contributed by atoms with Crippen LogP contribution in [0.15, 0.2) is 36.4 Å². The van der Waals surface area contributed by atoms with E-state index in [0.717, 1.165) is 0 Å². The minimum absolute atomic E-state index is 0.0847. The topological polar surface area (TPSA) is 74.6 Å². The van der Waals surface area contributed by atoms with Crippen LogP contribution in [0.4, 0.5) is 0 Å². The van der Waals surface area contributed by atoms with Crippen LogP contribution < -0.4 is 0 Å². The fourth-order valence-corrected chi connectivity index (χ4v) is 2.49. The zero-order chi connectivity index (χ0) is 15.6. The van der Waals surface area contributed by atoms with Gasteiger partial charge in [-0.2, -0.15) is 0 Å². The maximum Gasteiger partial charge on any atom is 0.340 e. The van der Waals surface area contributed by atoms with Crippen molar-refractivity contribution in [2.75, 3.05) is 0 Å². The molecule has 0 bridgehead atoms. The third-order valence-electron chi connectivity index (χ3n) is 2.96. The molecular formula is C15H10Cl2O4. The van der Waals surface area contributed by atoms with E-state index >= 15 is 0 Å². The van der Waals surface area contributed by atoms with E-state index in [0.29, 0.717) is 15.6 Å². The standard InChI is InChI=1S/C15H10Cl2O4/c16-10-4-2-5-11(17)9(10)7-13(19)8-3-1-6-12(18)14(8)15(20)21/h1-6,18H,7H2,(H,20,21). The lowest BCUT2D eigenvalue weighted by Gasteiger charge is -2.09. The van der Waals surface area contributed by atoms with Crippen LogP contribution >= 0.6 is 23.2 Å². The summed E-state index contributed by atoms with van der Waals surface area (Å²) in [6, 6.07) is 8.80. The van der Waals surface area contributed by atoms with Gasteiger partial charge in [-0.1, -0.05) is 41.4 Å². The molecule has 0 fully saturated rings. The highest BCUT2D eigenvalue weighted by molar-refractivity contribution is 6.36. The molecular weight excluding hydrogens is 315 g/mol. The summed E-state index contributed by atoms with van der Waals surface area (Å²) < 4.78 is 0. The first-order chi connectivity index (χ1) is 9.91. The molecule has 6 heteroatoms. The molecule has 2 rings (SSSR count). The average molecular weight is 325 g/mol. The van der Waals surface area contributed by atoms with Crippen LogP contribution in [0.2, 0.25) is 10.0 Å². The molecule has 0 aliphatic carbocycles. The van der Waals surface area contributed by atoms with Crippen LogP contribution in [0.3, 0.4) is 0 Å². The second-order valence-corrected chi connectivity index (χ2v) is 5.12. The van der Waals surface area contributed by atoms with Crippen LogP contribution in [-0.4, -0.2) is 22.0 Å². The van der Waals surface area contributed by atoms with E-state index in [9.17, 15) is 14.7 Å². The van der Waals surface area contributed by atoms with Gasteiger partial charge in [-0.3, -0.25) is 4.79 Å². The number of phenols is 1. The summed E-state index contributed by atoms with van der Waals surface area (Å²) in [6.07, 6.45) is -0.151. The molecule has 4 nitrogen and oxygen atoms in total. The summed E-state index contributed by atoms with van der Waals surface area (Å²) in [4.78, 5) is 23.5. The lowest BCUT2D eigenvalue weighted by atomic mass is 9.97. The fourth-order valence-electron chi connectivity index (χ4n) is 1.95. The number of rotatable bonds is 4. The first-order valence-corrected chi connectivity index (χ1v) is 6.68. The van der Waals surface area contributed by atoms with Crippen molar-refractivity contribution in [3.05, 3.63) is 63.1 Å². The Morgan fingerprint density at radius 3 is 2.14 bits per heavy atom. The number of hydrogen-bond acceptors (Lipinski definition) is 3. The summed E-state index contributed by atoms with van der Waals surface area (Å²) in [5.74, 6) is -2.32. The molecule has 0 radical (unpaired) electrons. The maximum atomic E-state index is 12.3. The second kappa shape index (κ2) is 6.16. The highest BCUT2D eigenvalue weighted by Crippen LogP contribution is 2.28. The van der Waals surface area contributed by atoms with Crippen molar-refractivity contribution in [3.8, 4) is 5.75 Å². The molecule has 0 spiro atoms. The van der Waals surface area contributed by atoms with Gasteiger partial charge in [-0.15, -0.1) is 0 Å². The highest BCUT2D eigenvalue weighted by atomic mass is 35.5. The first kappa shape index (κ1) is 15.4. The van der Waals surface area contributed by atoms with E-state index < -0.39 is 23.1 Å². The van der Waals surface area contributed by atoms with Gasteiger partial charge in [-0.25, -0.2) is 4.79 Å². The van der Waals surface area contributed by atoms with Crippen molar-refractivity contribution in [2.24, 2.45) is 0 Å². The quantitative estimate of drug-likeness (QED) is 0.838. The molecule has 0 heterocycles. The van der Waals surface area contributed by atoms with Crippen molar-refractivity contribution in [1.29, 1.82) is 0 Å². The van der Waals surface area contributed by atoms with E-state index in [2.05, 4.69) is 0 Å². The molecule has 21 heavy (non-hydrogen) atoms. The van der Waals surface area contributed by atoms with Crippen LogP contribution in [0.1, 0.15) is 26.3 Å². The fraction of sp³-hybridized carbons (Fsp3) is 0.0667.